The van der Waals surface area contributed by atoms with Crippen molar-refractivity contribution < 1.29 is 19.1 Å². The van der Waals surface area contributed by atoms with Crippen molar-refractivity contribution in [2.45, 2.75) is 31.7 Å². The summed E-state index contributed by atoms with van der Waals surface area (Å²) in [6.07, 6.45) is 3.58. The Morgan fingerprint density at radius 2 is 1.89 bits per heavy atom. The van der Waals surface area contributed by atoms with Gasteiger partial charge in [-0.15, -0.1) is 0 Å². The lowest BCUT2D eigenvalue weighted by Gasteiger charge is -2.26. The van der Waals surface area contributed by atoms with Gasteiger partial charge in [0.1, 0.15) is 6.26 Å². The number of nitrogens with one attached hydrogen (secondary N) is 1. The first kappa shape index (κ1) is 13.3. The number of rotatable bonds is 3. The van der Waals surface area contributed by atoms with E-state index in [4.69, 9.17) is 5.11 Å². The third-order valence-electron chi connectivity index (χ3n) is 3.37. The zero-order valence-electron chi connectivity index (χ0n) is 10.3. The van der Waals surface area contributed by atoms with Crippen LogP contribution in [0.15, 0.2) is 27.6 Å². The van der Waals surface area contributed by atoms with Gasteiger partial charge in [0.15, 0.2) is 0 Å². The van der Waals surface area contributed by atoms with E-state index in [9.17, 15) is 14.4 Å². The minimum Gasteiger partial charge on any atom is -0.481 e. The van der Waals surface area contributed by atoms with Crippen LogP contribution in [-0.4, -0.2) is 23.0 Å². The monoisotopic (exact) mass is 265 g/mol. The zero-order chi connectivity index (χ0) is 13.8. The summed E-state index contributed by atoms with van der Waals surface area (Å²) in [5.74, 6) is -1.37. The topological polar surface area (TPSA) is 96.6 Å². The van der Waals surface area contributed by atoms with Crippen molar-refractivity contribution in [2.75, 3.05) is 0 Å². The van der Waals surface area contributed by atoms with Gasteiger partial charge in [0.25, 0.3) is 5.91 Å². The first-order chi connectivity index (χ1) is 9.06. The molecular formula is C13H15NO5. The predicted octanol–water partition coefficient (Wildman–Crippen LogP) is 1.01. The summed E-state index contributed by atoms with van der Waals surface area (Å²) in [5, 5.41) is 11.7. The fraction of sp³-hybridized carbons (Fsp3) is 0.462. The highest BCUT2D eigenvalue weighted by molar-refractivity contribution is 5.93. The zero-order valence-corrected chi connectivity index (χ0v) is 10.3. The molecule has 1 amide bonds. The van der Waals surface area contributed by atoms with Gasteiger partial charge in [-0.3, -0.25) is 9.59 Å². The molecule has 0 radical (unpaired) electrons. The summed E-state index contributed by atoms with van der Waals surface area (Å²) >= 11 is 0. The van der Waals surface area contributed by atoms with E-state index < -0.39 is 11.6 Å². The molecule has 1 fully saturated rings. The molecule has 1 saturated carbocycles. The predicted molar refractivity (Wildman–Crippen MR) is 65.8 cm³/mol. The first-order valence-corrected chi connectivity index (χ1v) is 6.19. The van der Waals surface area contributed by atoms with Crippen LogP contribution in [0.25, 0.3) is 0 Å². The molecule has 1 aliphatic rings. The number of carbonyl (C=O) groups excluding carboxylic acids is 1. The largest absolute Gasteiger partial charge is 0.481 e. The van der Waals surface area contributed by atoms with E-state index >= 15 is 0 Å². The summed E-state index contributed by atoms with van der Waals surface area (Å²) in [5.41, 5.74) is -0.210. The van der Waals surface area contributed by atoms with Gasteiger partial charge in [0.2, 0.25) is 0 Å². The smallest absolute Gasteiger partial charge is 0.335 e. The van der Waals surface area contributed by atoms with Crippen LogP contribution in [-0.2, 0) is 4.79 Å². The molecule has 2 N–H and O–H groups in total. The van der Waals surface area contributed by atoms with E-state index in [0.29, 0.717) is 31.2 Å². The van der Waals surface area contributed by atoms with Crippen molar-refractivity contribution in [1.29, 1.82) is 0 Å². The third kappa shape index (κ3) is 3.43. The standard InChI is InChI=1S/C13H15NO5/c15-11-6-3-9(7-19-11)12(16)14-10-4-1-8(2-5-10)13(17)18/h3,6-8,10H,1-2,4-5H2,(H,14,16)(H,17,18). The lowest BCUT2D eigenvalue weighted by atomic mass is 9.86. The minimum absolute atomic E-state index is 0.0185. The van der Waals surface area contributed by atoms with E-state index in [-0.39, 0.29) is 17.9 Å². The molecule has 102 valence electrons. The van der Waals surface area contributed by atoms with Crippen molar-refractivity contribution in [2.24, 2.45) is 5.92 Å². The molecule has 0 saturated heterocycles. The van der Waals surface area contributed by atoms with E-state index in [1.807, 2.05) is 0 Å². The quantitative estimate of drug-likeness (QED) is 0.850. The Morgan fingerprint density at radius 3 is 2.42 bits per heavy atom. The van der Waals surface area contributed by atoms with Gasteiger partial charge >= 0.3 is 11.6 Å². The number of carbonyl (C=O) groups is 2. The lowest BCUT2D eigenvalue weighted by Crippen LogP contribution is -2.38. The third-order valence-corrected chi connectivity index (χ3v) is 3.37. The molecule has 1 aromatic rings. The Kier molecular flexibility index (Phi) is 3.99. The molecule has 0 atom stereocenters. The summed E-state index contributed by atoms with van der Waals surface area (Å²) in [6.45, 7) is 0. The molecule has 0 unspecified atom stereocenters. The average Bonchev–Trinajstić information content (AvgIpc) is 2.40. The van der Waals surface area contributed by atoms with Crippen LogP contribution in [0.3, 0.4) is 0 Å². The summed E-state index contributed by atoms with van der Waals surface area (Å²) in [4.78, 5) is 33.4. The first-order valence-electron chi connectivity index (χ1n) is 6.19. The van der Waals surface area contributed by atoms with Crippen molar-refractivity contribution in [3.05, 3.63) is 34.4 Å². The number of amides is 1. The van der Waals surface area contributed by atoms with Gasteiger partial charge in [-0.05, 0) is 31.7 Å². The minimum atomic E-state index is -0.769. The second-order valence-corrected chi connectivity index (χ2v) is 4.70. The fourth-order valence-electron chi connectivity index (χ4n) is 2.24. The van der Waals surface area contributed by atoms with Crippen molar-refractivity contribution in [3.8, 4) is 0 Å². The summed E-state index contributed by atoms with van der Waals surface area (Å²) in [7, 11) is 0. The molecule has 19 heavy (non-hydrogen) atoms. The molecule has 0 spiro atoms. The van der Waals surface area contributed by atoms with Gasteiger partial charge in [-0.25, -0.2) is 4.79 Å². The van der Waals surface area contributed by atoms with Crippen LogP contribution in [0, 0.1) is 5.92 Å². The summed E-state index contributed by atoms with van der Waals surface area (Å²) in [6, 6.07) is 2.58. The lowest BCUT2D eigenvalue weighted by molar-refractivity contribution is -0.142. The SMILES string of the molecule is O=C(NC1CCC(C(=O)O)CC1)c1ccc(=O)oc1. The molecule has 0 aromatic carbocycles. The van der Waals surface area contributed by atoms with Crippen LogP contribution in [0.5, 0.6) is 0 Å². The molecular weight excluding hydrogens is 250 g/mol. The highest BCUT2D eigenvalue weighted by atomic mass is 16.4. The van der Waals surface area contributed by atoms with Gasteiger partial charge in [0, 0.05) is 12.1 Å². The second-order valence-electron chi connectivity index (χ2n) is 4.70. The van der Waals surface area contributed by atoms with Crippen molar-refractivity contribution >= 4 is 11.9 Å². The Hall–Kier alpha value is -2.11. The number of hydrogen-bond acceptors (Lipinski definition) is 4. The fourth-order valence-corrected chi connectivity index (χ4v) is 2.24. The van der Waals surface area contributed by atoms with Gasteiger partial charge in [-0.1, -0.05) is 0 Å². The Balaban J connectivity index is 1.89. The molecule has 1 heterocycles. The van der Waals surface area contributed by atoms with Crippen LogP contribution in [0.1, 0.15) is 36.0 Å². The molecule has 2 rings (SSSR count). The molecule has 6 heteroatoms. The Morgan fingerprint density at radius 1 is 1.21 bits per heavy atom. The van der Waals surface area contributed by atoms with Crippen LogP contribution in [0.4, 0.5) is 0 Å². The number of carboxylic acids is 1. The molecule has 1 aromatic heterocycles. The van der Waals surface area contributed by atoms with Gasteiger partial charge in [0.05, 0.1) is 11.5 Å². The van der Waals surface area contributed by atoms with Crippen LogP contribution >= 0.6 is 0 Å². The second kappa shape index (κ2) is 5.69. The van der Waals surface area contributed by atoms with E-state index in [0.717, 1.165) is 6.26 Å². The maximum Gasteiger partial charge on any atom is 0.335 e. The number of aliphatic carboxylic acids is 1. The maximum absolute atomic E-state index is 11.9. The van der Waals surface area contributed by atoms with Crippen LogP contribution < -0.4 is 10.9 Å². The van der Waals surface area contributed by atoms with Crippen LogP contribution in [0.2, 0.25) is 0 Å². The normalized spacial score (nSPS) is 22.7. The van der Waals surface area contributed by atoms with E-state index in [1.54, 1.807) is 0 Å². The average molecular weight is 265 g/mol. The molecule has 0 bridgehead atoms. The molecule has 0 aliphatic heterocycles. The van der Waals surface area contributed by atoms with Crippen molar-refractivity contribution in [1.82, 2.24) is 5.32 Å². The van der Waals surface area contributed by atoms with E-state index in [2.05, 4.69) is 9.73 Å². The Bertz CT molecular complexity index is 508. The number of carboxylic acid groups (broad SMARTS) is 1. The maximum atomic E-state index is 11.9. The van der Waals surface area contributed by atoms with Gasteiger partial charge in [-0.2, -0.15) is 0 Å². The van der Waals surface area contributed by atoms with Gasteiger partial charge < -0.3 is 14.8 Å². The molecule has 6 nitrogen and oxygen atoms in total. The summed E-state index contributed by atoms with van der Waals surface area (Å²) < 4.78 is 4.62. The van der Waals surface area contributed by atoms with Crippen molar-refractivity contribution in [3.63, 3.8) is 0 Å². The highest BCUT2D eigenvalue weighted by Gasteiger charge is 2.26. The molecule has 1 aliphatic carbocycles. The van der Waals surface area contributed by atoms with E-state index in [1.165, 1.54) is 12.1 Å². The Labute approximate surface area is 109 Å². The highest BCUT2D eigenvalue weighted by Crippen LogP contribution is 2.24. The number of hydrogen-bond donors (Lipinski definition) is 2.